The third kappa shape index (κ3) is 2.39. The molecule has 0 aromatic rings. The highest BCUT2D eigenvalue weighted by atomic mass is 35.5. The third-order valence-corrected chi connectivity index (χ3v) is 2.23. The van der Waals surface area contributed by atoms with E-state index in [2.05, 4.69) is 0 Å². The highest BCUT2D eigenvalue weighted by Crippen LogP contribution is 2.26. The lowest BCUT2D eigenvalue weighted by Gasteiger charge is -2.09. The van der Waals surface area contributed by atoms with Crippen LogP contribution in [0.2, 0.25) is 0 Å². The largest absolute Gasteiger partial charge is 0.493 e. The van der Waals surface area contributed by atoms with Gasteiger partial charge in [-0.2, -0.15) is 0 Å². The summed E-state index contributed by atoms with van der Waals surface area (Å²) in [5.74, 6) is -0.180. The molecule has 0 bridgehead atoms. The van der Waals surface area contributed by atoms with Crippen molar-refractivity contribution >= 4 is 17.6 Å². The molecule has 1 rings (SSSR count). The molecule has 0 saturated carbocycles. The number of carbonyl (C=O) groups is 1. The number of hydrogen-bond donors (Lipinski definition) is 0. The molecule has 1 unspecified atom stereocenters. The molecular formula is C9H13ClO4. The summed E-state index contributed by atoms with van der Waals surface area (Å²) in [4.78, 5) is 11.2. The number of esters is 1. The Labute approximate surface area is 87.8 Å². The summed E-state index contributed by atoms with van der Waals surface area (Å²) >= 11 is 5.79. The molecule has 1 heterocycles. The molecule has 4 nitrogen and oxygen atoms in total. The first-order chi connectivity index (χ1) is 6.70. The summed E-state index contributed by atoms with van der Waals surface area (Å²) in [5.41, 5.74) is 0. The average Bonchev–Trinajstić information content (AvgIpc) is 2.64. The zero-order valence-corrected chi connectivity index (χ0v) is 8.97. The van der Waals surface area contributed by atoms with E-state index < -0.39 is 5.97 Å². The van der Waals surface area contributed by atoms with Crippen LogP contribution in [0.3, 0.4) is 0 Å². The van der Waals surface area contributed by atoms with E-state index in [-0.39, 0.29) is 11.1 Å². The van der Waals surface area contributed by atoms with Crippen molar-refractivity contribution < 1.29 is 19.0 Å². The Bertz CT molecular complexity index is 249. The summed E-state index contributed by atoms with van der Waals surface area (Å²) in [7, 11) is 1.55. The molecule has 14 heavy (non-hydrogen) atoms. The smallest absolute Gasteiger partial charge is 0.353 e. The van der Waals surface area contributed by atoms with Crippen LogP contribution in [0, 0.1) is 0 Å². The van der Waals surface area contributed by atoms with E-state index in [9.17, 15) is 4.79 Å². The maximum Gasteiger partial charge on any atom is 0.353 e. The lowest BCUT2D eigenvalue weighted by molar-refractivity contribution is -0.138. The predicted octanol–water partition coefficient (Wildman–Crippen LogP) is 1.44. The second kappa shape index (κ2) is 5.22. The number of ether oxygens (including phenoxy) is 3. The molecule has 0 amide bonds. The minimum Gasteiger partial charge on any atom is -0.493 e. The summed E-state index contributed by atoms with van der Waals surface area (Å²) in [6.45, 7) is 2.53. The van der Waals surface area contributed by atoms with Gasteiger partial charge in [-0.15, -0.1) is 0 Å². The Morgan fingerprint density at radius 1 is 1.71 bits per heavy atom. The molecule has 80 valence electrons. The second-order valence-electron chi connectivity index (χ2n) is 2.76. The Hall–Kier alpha value is -0.740. The molecule has 0 aromatic heterocycles. The first kappa shape index (κ1) is 11.3. The molecular weight excluding hydrogens is 208 g/mol. The molecule has 0 radical (unpaired) electrons. The van der Waals surface area contributed by atoms with Crippen molar-refractivity contribution in [3.63, 3.8) is 0 Å². The van der Waals surface area contributed by atoms with Crippen LogP contribution in [0.5, 0.6) is 0 Å². The zero-order chi connectivity index (χ0) is 10.6. The number of rotatable bonds is 3. The Balaban J connectivity index is 2.75. The van der Waals surface area contributed by atoms with Crippen LogP contribution >= 0.6 is 11.6 Å². The Kier molecular flexibility index (Phi) is 4.22. The van der Waals surface area contributed by atoms with E-state index in [0.29, 0.717) is 25.4 Å². The van der Waals surface area contributed by atoms with Gasteiger partial charge in [0.1, 0.15) is 6.10 Å². The molecule has 0 spiro atoms. The number of halogens is 1. The monoisotopic (exact) mass is 220 g/mol. The standard InChI is InChI=1S/C9H13ClO4/c1-3-13-9(11)7(10)8-6(12-2)4-5-14-8/h6H,3-5H2,1-2H3/b8-7-. The van der Waals surface area contributed by atoms with Gasteiger partial charge in [-0.3, -0.25) is 0 Å². The molecule has 1 atom stereocenters. The quantitative estimate of drug-likeness (QED) is 0.533. The van der Waals surface area contributed by atoms with Crippen LogP contribution in [0.25, 0.3) is 0 Å². The van der Waals surface area contributed by atoms with E-state index >= 15 is 0 Å². The van der Waals surface area contributed by atoms with Crippen LogP contribution in [0.1, 0.15) is 13.3 Å². The first-order valence-corrected chi connectivity index (χ1v) is 4.80. The summed E-state index contributed by atoms with van der Waals surface area (Å²) in [6.07, 6.45) is 0.480. The normalized spacial score (nSPS) is 24.4. The van der Waals surface area contributed by atoms with Gasteiger partial charge in [0.2, 0.25) is 0 Å². The zero-order valence-electron chi connectivity index (χ0n) is 8.21. The van der Waals surface area contributed by atoms with Gasteiger partial charge in [0.25, 0.3) is 0 Å². The molecule has 1 saturated heterocycles. The fourth-order valence-electron chi connectivity index (χ4n) is 1.22. The van der Waals surface area contributed by atoms with Crippen molar-refractivity contribution in [1.82, 2.24) is 0 Å². The highest BCUT2D eigenvalue weighted by Gasteiger charge is 2.28. The van der Waals surface area contributed by atoms with Crippen LogP contribution < -0.4 is 0 Å². The van der Waals surface area contributed by atoms with E-state index in [0.717, 1.165) is 0 Å². The summed E-state index contributed by atoms with van der Waals surface area (Å²) in [5, 5.41) is -0.0174. The lowest BCUT2D eigenvalue weighted by atomic mass is 10.2. The maximum atomic E-state index is 11.2. The number of hydrogen-bond acceptors (Lipinski definition) is 4. The predicted molar refractivity (Wildman–Crippen MR) is 50.9 cm³/mol. The molecule has 0 aromatic carbocycles. The van der Waals surface area contributed by atoms with Gasteiger partial charge in [0.05, 0.1) is 13.2 Å². The van der Waals surface area contributed by atoms with E-state index in [1.807, 2.05) is 0 Å². The van der Waals surface area contributed by atoms with Crippen LogP contribution in [-0.4, -0.2) is 32.4 Å². The molecule has 5 heteroatoms. The second-order valence-corrected chi connectivity index (χ2v) is 3.14. The number of methoxy groups -OCH3 is 1. The van der Waals surface area contributed by atoms with Crippen LogP contribution in [0.15, 0.2) is 10.8 Å². The van der Waals surface area contributed by atoms with Crippen molar-refractivity contribution in [2.45, 2.75) is 19.4 Å². The minimum absolute atomic E-state index is 0.0174. The van der Waals surface area contributed by atoms with Gasteiger partial charge in [-0.1, -0.05) is 11.6 Å². The van der Waals surface area contributed by atoms with E-state index in [1.165, 1.54) is 0 Å². The highest BCUT2D eigenvalue weighted by molar-refractivity contribution is 6.41. The van der Waals surface area contributed by atoms with Crippen molar-refractivity contribution in [2.24, 2.45) is 0 Å². The van der Waals surface area contributed by atoms with Gasteiger partial charge in [0.15, 0.2) is 10.8 Å². The topological polar surface area (TPSA) is 44.8 Å². The van der Waals surface area contributed by atoms with Crippen LogP contribution in [-0.2, 0) is 19.0 Å². The fourth-order valence-corrected chi connectivity index (χ4v) is 1.46. The van der Waals surface area contributed by atoms with Crippen molar-refractivity contribution in [3.8, 4) is 0 Å². The maximum absolute atomic E-state index is 11.2. The van der Waals surface area contributed by atoms with E-state index in [1.54, 1.807) is 14.0 Å². The van der Waals surface area contributed by atoms with Gasteiger partial charge in [0, 0.05) is 13.5 Å². The minimum atomic E-state index is -0.562. The summed E-state index contributed by atoms with van der Waals surface area (Å²) < 4.78 is 15.1. The molecule has 0 N–H and O–H groups in total. The lowest BCUT2D eigenvalue weighted by Crippen LogP contribution is -2.13. The molecule has 1 aliphatic heterocycles. The average molecular weight is 221 g/mol. The van der Waals surface area contributed by atoms with Gasteiger partial charge >= 0.3 is 5.97 Å². The van der Waals surface area contributed by atoms with Crippen molar-refractivity contribution in [1.29, 1.82) is 0 Å². The third-order valence-electron chi connectivity index (χ3n) is 1.89. The Morgan fingerprint density at radius 2 is 2.43 bits per heavy atom. The SMILES string of the molecule is CCOC(=O)/C(Cl)=C1/OCCC1OC. The van der Waals surface area contributed by atoms with Crippen LogP contribution in [0.4, 0.5) is 0 Å². The first-order valence-electron chi connectivity index (χ1n) is 4.43. The van der Waals surface area contributed by atoms with Gasteiger partial charge in [-0.05, 0) is 6.92 Å². The fraction of sp³-hybridized carbons (Fsp3) is 0.667. The molecule has 0 aliphatic carbocycles. The number of carbonyl (C=O) groups excluding carboxylic acids is 1. The van der Waals surface area contributed by atoms with Crippen molar-refractivity contribution in [3.05, 3.63) is 10.8 Å². The van der Waals surface area contributed by atoms with Gasteiger partial charge < -0.3 is 14.2 Å². The molecule has 1 aliphatic rings. The Morgan fingerprint density at radius 3 is 3.00 bits per heavy atom. The summed E-state index contributed by atoms with van der Waals surface area (Å²) in [6, 6.07) is 0. The van der Waals surface area contributed by atoms with E-state index in [4.69, 9.17) is 25.8 Å². The van der Waals surface area contributed by atoms with Gasteiger partial charge in [-0.25, -0.2) is 4.79 Å². The van der Waals surface area contributed by atoms with Crippen molar-refractivity contribution in [2.75, 3.05) is 20.3 Å². The molecule has 1 fully saturated rings.